The van der Waals surface area contributed by atoms with Crippen molar-refractivity contribution in [1.29, 1.82) is 0 Å². The molecule has 0 saturated heterocycles. The second kappa shape index (κ2) is 15.7. The van der Waals surface area contributed by atoms with Gasteiger partial charge in [0.1, 0.15) is 17.6 Å². The Morgan fingerprint density at radius 2 is 1.67 bits per heavy atom. The van der Waals surface area contributed by atoms with Gasteiger partial charge in [-0.05, 0) is 74.1 Å². The summed E-state index contributed by atoms with van der Waals surface area (Å²) in [5, 5.41) is 6.04. The van der Waals surface area contributed by atoms with Crippen molar-refractivity contribution in [3.63, 3.8) is 0 Å². The number of nitrogens with zero attached hydrogens (tertiary/aromatic N) is 2. The summed E-state index contributed by atoms with van der Waals surface area (Å²) >= 11 is 0. The second-order valence-corrected chi connectivity index (χ2v) is 10.6. The van der Waals surface area contributed by atoms with E-state index in [1.165, 1.54) is 6.42 Å². The summed E-state index contributed by atoms with van der Waals surface area (Å²) in [6.07, 6.45) is 8.14. The number of aromatic nitrogens is 1. The van der Waals surface area contributed by atoms with Crippen LogP contribution >= 0.6 is 0 Å². The largest absolute Gasteiger partial charge is 0.494 e. The fourth-order valence-electron chi connectivity index (χ4n) is 5.48. The second-order valence-electron chi connectivity index (χ2n) is 10.6. The third kappa shape index (κ3) is 8.41. The van der Waals surface area contributed by atoms with Gasteiger partial charge in [0, 0.05) is 30.8 Å². The van der Waals surface area contributed by atoms with Gasteiger partial charge in [-0.2, -0.15) is 0 Å². The number of pyridine rings is 1. The Morgan fingerprint density at radius 3 is 2.36 bits per heavy atom. The first-order chi connectivity index (χ1) is 20.5. The molecule has 2 aromatic carbocycles. The predicted molar refractivity (Wildman–Crippen MR) is 165 cm³/mol. The van der Waals surface area contributed by atoms with E-state index in [0.717, 1.165) is 31.2 Å². The average molecular weight is 571 g/mol. The van der Waals surface area contributed by atoms with Crippen molar-refractivity contribution in [1.82, 2.24) is 10.3 Å². The van der Waals surface area contributed by atoms with Gasteiger partial charge in [-0.1, -0.05) is 62.6 Å². The normalized spacial score (nSPS) is 14.0. The summed E-state index contributed by atoms with van der Waals surface area (Å²) in [6, 6.07) is 19.7. The zero-order valence-corrected chi connectivity index (χ0v) is 24.7. The maximum absolute atomic E-state index is 14.1. The van der Waals surface area contributed by atoms with Gasteiger partial charge < -0.3 is 15.4 Å². The third-order valence-electron chi connectivity index (χ3n) is 7.59. The highest BCUT2D eigenvalue weighted by molar-refractivity contribution is 6.02. The summed E-state index contributed by atoms with van der Waals surface area (Å²) < 4.78 is 5.65. The van der Waals surface area contributed by atoms with Crippen LogP contribution < -0.4 is 20.3 Å². The average Bonchev–Trinajstić information content (AvgIpc) is 3.01. The van der Waals surface area contributed by atoms with Gasteiger partial charge in [0.25, 0.3) is 0 Å². The van der Waals surface area contributed by atoms with Gasteiger partial charge in [-0.25, -0.2) is 4.98 Å². The summed E-state index contributed by atoms with van der Waals surface area (Å²) in [6.45, 7) is 4.50. The monoisotopic (exact) mass is 570 g/mol. The number of para-hydroxylation sites is 1. The molecule has 0 aliphatic heterocycles. The summed E-state index contributed by atoms with van der Waals surface area (Å²) in [4.78, 5) is 46.6. The molecule has 8 heteroatoms. The lowest BCUT2D eigenvalue weighted by atomic mass is 9.94. The van der Waals surface area contributed by atoms with Crippen molar-refractivity contribution in [2.24, 2.45) is 0 Å². The Hall–Kier alpha value is -4.20. The van der Waals surface area contributed by atoms with Gasteiger partial charge in [-0.3, -0.25) is 19.3 Å². The number of nitrogens with one attached hydrogen (secondary N) is 2. The van der Waals surface area contributed by atoms with Gasteiger partial charge >= 0.3 is 0 Å². The number of carbonyl (C=O) groups is 3. The molecule has 1 saturated carbocycles. The maximum atomic E-state index is 14.1. The van der Waals surface area contributed by atoms with Crippen molar-refractivity contribution in [2.45, 2.75) is 83.7 Å². The van der Waals surface area contributed by atoms with Crippen molar-refractivity contribution < 1.29 is 19.1 Å². The Morgan fingerprint density at radius 1 is 0.929 bits per heavy atom. The van der Waals surface area contributed by atoms with E-state index in [1.54, 1.807) is 29.3 Å². The first kappa shape index (κ1) is 30.8. The highest BCUT2D eigenvalue weighted by Gasteiger charge is 2.34. The topological polar surface area (TPSA) is 101 Å². The fraction of sp³-hybridized carbons (Fsp3) is 0.412. The molecular formula is C34H42N4O4. The van der Waals surface area contributed by atoms with E-state index in [1.807, 2.05) is 62.4 Å². The smallest absolute Gasteiger partial charge is 0.248 e. The molecule has 2 N–H and O–H groups in total. The van der Waals surface area contributed by atoms with E-state index in [-0.39, 0.29) is 36.6 Å². The number of benzene rings is 2. The number of hydrogen-bond acceptors (Lipinski definition) is 5. The van der Waals surface area contributed by atoms with Gasteiger partial charge in [0.2, 0.25) is 17.7 Å². The minimum absolute atomic E-state index is 0.0881. The predicted octanol–water partition coefficient (Wildman–Crippen LogP) is 6.37. The zero-order valence-electron chi connectivity index (χ0n) is 24.7. The van der Waals surface area contributed by atoms with Crippen LogP contribution in [0.2, 0.25) is 0 Å². The molecule has 1 heterocycles. The maximum Gasteiger partial charge on any atom is 0.248 e. The molecule has 3 amide bonds. The number of amides is 3. The Labute approximate surface area is 248 Å². The van der Waals surface area contributed by atoms with Crippen molar-refractivity contribution in [2.75, 3.05) is 16.8 Å². The number of aryl methyl sites for hydroxylation is 1. The van der Waals surface area contributed by atoms with E-state index >= 15 is 0 Å². The van der Waals surface area contributed by atoms with Crippen molar-refractivity contribution >= 4 is 29.2 Å². The molecule has 42 heavy (non-hydrogen) atoms. The van der Waals surface area contributed by atoms with Crippen LogP contribution in [0.25, 0.3) is 0 Å². The SMILES string of the molecule is CCOc1ccc([C@H](C(=O)NC2CCCCC2)N(C(=O)CCCC(=O)Nc2ccccn2)c2ccccc2CC)cc1. The van der Waals surface area contributed by atoms with Crippen LogP contribution in [0.4, 0.5) is 11.5 Å². The molecule has 1 aliphatic rings. The van der Waals surface area contributed by atoms with Crippen molar-refractivity contribution in [3.05, 3.63) is 84.1 Å². The lowest BCUT2D eigenvalue weighted by molar-refractivity contribution is -0.127. The lowest BCUT2D eigenvalue weighted by Gasteiger charge is -2.34. The number of carbonyl (C=O) groups excluding carboxylic acids is 3. The van der Waals surface area contributed by atoms with E-state index in [2.05, 4.69) is 15.6 Å². The Bertz CT molecular complexity index is 1310. The molecule has 1 aliphatic carbocycles. The van der Waals surface area contributed by atoms with Crippen LogP contribution in [0.15, 0.2) is 72.9 Å². The fourth-order valence-corrected chi connectivity index (χ4v) is 5.48. The summed E-state index contributed by atoms with van der Waals surface area (Å²) in [5.74, 6) is 0.568. The molecule has 0 radical (unpaired) electrons. The molecule has 0 bridgehead atoms. The van der Waals surface area contributed by atoms with E-state index in [4.69, 9.17) is 4.74 Å². The number of hydrogen-bond donors (Lipinski definition) is 2. The van der Waals surface area contributed by atoms with Crippen LogP contribution in [0.3, 0.4) is 0 Å². The van der Waals surface area contributed by atoms with Crippen LogP contribution in [0.1, 0.15) is 82.4 Å². The molecule has 4 rings (SSSR count). The third-order valence-corrected chi connectivity index (χ3v) is 7.59. The number of anilines is 2. The van der Waals surface area contributed by atoms with Crippen molar-refractivity contribution in [3.8, 4) is 5.75 Å². The Kier molecular flexibility index (Phi) is 11.5. The first-order valence-electron chi connectivity index (χ1n) is 15.1. The summed E-state index contributed by atoms with van der Waals surface area (Å²) in [5.41, 5.74) is 2.39. The van der Waals surface area contributed by atoms with E-state index in [0.29, 0.717) is 42.3 Å². The lowest BCUT2D eigenvalue weighted by Crippen LogP contribution is -2.47. The first-order valence-corrected chi connectivity index (χ1v) is 15.1. The number of rotatable bonds is 13. The Balaban J connectivity index is 1.62. The standard InChI is InChI=1S/C34H42N4O4/c1-3-25-13-8-9-16-29(25)38(32(40)19-12-18-31(39)37-30-17-10-11-24-35-30)33(26-20-22-28(23-21-26)42-4-2)34(41)36-27-14-6-5-7-15-27/h8-11,13,16-17,20-24,27,33H,3-7,12,14-15,18-19H2,1-2H3,(H,36,41)(H,35,37,39)/t33-/m1/s1. The zero-order chi connectivity index (χ0) is 29.7. The molecule has 1 atom stereocenters. The number of ether oxygens (including phenoxy) is 1. The molecule has 222 valence electrons. The van der Waals surface area contributed by atoms with E-state index in [9.17, 15) is 14.4 Å². The highest BCUT2D eigenvalue weighted by atomic mass is 16.5. The van der Waals surface area contributed by atoms with Gasteiger partial charge in [0.15, 0.2) is 0 Å². The molecule has 8 nitrogen and oxygen atoms in total. The molecule has 0 spiro atoms. The molecular weight excluding hydrogens is 528 g/mol. The van der Waals surface area contributed by atoms with Gasteiger partial charge in [0.05, 0.1) is 6.61 Å². The van der Waals surface area contributed by atoms with Crippen LogP contribution in [0.5, 0.6) is 5.75 Å². The highest BCUT2D eigenvalue weighted by Crippen LogP contribution is 2.33. The van der Waals surface area contributed by atoms with Crippen LogP contribution in [-0.2, 0) is 20.8 Å². The van der Waals surface area contributed by atoms with Crippen LogP contribution in [-0.4, -0.2) is 35.4 Å². The molecule has 1 aromatic heterocycles. The summed E-state index contributed by atoms with van der Waals surface area (Å²) in [7, 11) is 0. The molecule has 3 aromatic rings. The molecule has 0 unspecified atom stereocenters. The van der Waals surface area contributed by atoms with Gasteiger partial charge in [-0.15, -0.1) is 0 Å². The van der Waals surface area contributed by atoms with Crippen LogP contribution in [0, 0.1) is 0 Å². The minimum atomic E-state index is -0.870. The quantitative estimate of drug-likeness (QED) is 0.249. The molecule has 1 fully saturated rings. The van der Waals surface area contributed by atoms with E-state index < -0.39 is 6.04 Å². The minimum Gasteiger partial charge on any atom is -0.494 e.